The maximum Gasteiger partial charge on any atom is 0.214 e. The molecule has 0 aromatic heterocycles. The molecule has 0 saturated carbocycles. The van der Waals surface area contributed by atoms with Crippen molar-refractivity contribution in [3.8, 4) is 0 Å². The molecule has 0 aliphatic rings. The standard InChI is InChI=1S/C7H16ClNO2S/c1-4-9(3)12(10,11)6-7(2)5-8/h7H,4-6H2,1-3H3. The van der Waals surface area contributed by atoms with E-state index in [1.54, 1.807) is 7.05 Å². The Bertz CT molecular complexity index is 215. The predicted octanol–water partition coefficient (Wildman–Crippen LogP) is 1.14. The van der Waals surface area contributed by atoms with Crippen molar-refractivity contribution in [2.24, 2.45) is 5.92 Å². The molecule has 0 radical (unpaired) electrons. The van der Waals surface area contributed by atoms with Crippen molar-refractivity contribution >= 4 is 21.6 Å². The van der Waals surface area contributed by atoms with Gasteiger partial charge in [0.2, 0.25) is 10.0 Å². The smallest absolute Gasteiger partial charge is 0.212 e. The molecule has 0 bridgehead atoms. The lowest BCUT2D eigenvalue weighted by atomic mass is 10.3. The Labute approximate surface area is 79.8 Å². The summed E-state index contributed by atoms with van der Waals surface area (Å²) in [6.45, 7) is 4.15. The quantitative estimate of drug-likeness (QED) is 0.643. The van der Waals surface area contributed by atoms with Gasteiger partial charge in [0.25, 0.3) is 0 Å². The minimum absolute atomic E-state index is 0.0191. The topological polar surface area (TPSA) is 37.4 Å². The molecule has 0 aliphatic carbocycles. The summed E-state index contributed by atoms with van der Waals surface area (Å²) in [4.78, 5) is 0. The number of halogens is 1. The van der Waals surface area contributed by atoms with Gasteiger partial charge in [0.05, 0.1) is 5.75 Å². The minimum atomic E-state index is -3.07. The summed E-state index contributed by atoms with van der Waals surface area (Å²) in [5.74, 6) is 0.545. The Morgan fingerprint density at radius 3 is 2.33 bits per heavy atom. The van der Waals surface area contributed by atoms with E-state index in [1.165, 1.54) is 4.31 Å². The molecule has 0 aliphatic heterocycles. The molecule has 74 valence electrons. The first-order valence-electron chi connectivity index (χ1n) is 3.94. The maximum atomic E-state index is 11.4. The molecule has 0 fully saturated rings. The van der Waals surface area contributed by atoms with E-state index in [2.05, 4.69) is 0 Å². The van der Waals surface area contributed by atoms with Gasteiger partial charge in [-0.05, 0) is 5.92 Å². The summed E-state index contributed by atoms with van der Waals surface area (Å²) in [5, 5.41) is 0. The van der Waals surface area contributed by atoms with Gasteiger partial charge in [0, 0.05) is 19.5 Å². The Kier molecular flexibility index (Phi) is 5.13. The lowest BCUT2D eigenvalue weighted by Crippen LogP contribution is -2.31. The average Bonchev–Trinajstić information content (AvgIpc) is 2.02. The van der Waals surface area contributed by atoms with Gasteiger partial charge >= 0.3 is 0 Å². The molecule has 5 heteroatoms. The fourth-order valence-corrected chi connectivity index (χ4v) is 2.45. The van der Waals surface area contributed by atoms with Crippen LogP contribution in [0.1, 0.15) is 13.8 Å². The highest BCUT2D eigenvalue weighted by Crippen LogP contribution is 2.06. The zero-order chi connectivity index (χ0) is 9.78. The number of hydrogen-bond donors (Lipinski definition) is 0. The van der Waals surface area contributed by atoms with Crippen LogP contribution in [0.4, 0.5) is 0 Å². The van der Waals surface area contributed by atoms with Gasteiger partial charge in [-0.25, -0.2) is 12.7 Å². The monoisotopic (exact) mass is 213 g/mol. The Morgan fingerprint density at radius 1 is 1.50 bits per heavy atom. The largest absolute Gasteiger partial charge is 0.214 e. The summed E-state index contributed by atoms with van der Waals surface area (Å²) in [7, 11) is -1.49. The van der Waals surface area contributed by atoms with E-state index in [4.69, 9.17) is 11.6 Å². The Balaban J connectivity index is 4.23. The number of hydrogen-bond acceptors (Lipinski definition) is 2. The van der Waals surface area contributed by atoms with Gasteiger partial charge in [-0.1, -0.05) is 13.8 Å². The molecular formula is C7H16ClNO2S. The molecule has 12 heavy (non-hydrogen) atoms. The summed E-state index contributed by atoms with van der Waals surface area (Å²) in [6, 6.07) is 0. The fraction of sp³-hybridized carbons (Fsp3) is 1.00. The average molecular weight is 214 g/mol. The summed E-state index contributed by atoms with van der Waals surface area (Å²) >= 11 is 5.52. The van der Waals surface area contributed by atoms with Crippen LogP contribution in [0.25, 0.3) is 0 Å². The SMILES string of the molecule is CCN(C)S(=O)(=O)CC(C)CCl. The molecule has 3 nitrogen and oxygen atoms in total. The first-order chi connectivity index (χ1) is 5.44. The van der Waals surface area contributed by atoms with E-state index in [0.717, 1.165) is 0 Å². The first kappa shape index (κ1) is 12.2. The summed E-state index contributed by atoms with van der Waals surface area (Å²) in [5.41, 5.74) is 0. The predicted molar refractivity (Wildman–Crippen MR) is 52.0 cm³/mol. The third kappa shape index (κ3) is 3.74. The number of sulfonamides is 1. The van der Waals surface area contributed by atoms with Crippen LogP contribution >= 0.6 is 11.6 Å². The lowest BCUT2D eigenvalue weighted by Gasteiger charge is -2.16. The van der Waals surface area contributed by atoms with Gasteiger partial charge in [-0.2, -0.15) is 0 Å². The second-order valence-electron chi connectivity index (χ2n) is 2.95. The molecule has 0 N–H and O–H groups in total. The van der Waals surface area contributed by atoms with Crippen LogP contribution < -0.4 is 0 Å². The molecule has 0 saturated heterocycles. The highest BCUT2D eigenvalue weighted by atomic mass is 35.5. The van der Waals surface area contributed by atoms with E-state index >= 15 is 0 Å². The highest BCUT2D eigenvalue weighted by Gasteiger charge is 2.18. The van der Waals surface area contributed by atoms with E-state index in [9.17, 15) is 8.42 Å². The molecular weight excluding hydrogens is 198 g/mol. The van der Waals surface area contributed by atoms with Crippen molar-refractivity contribution in [3.63, 3.8) is 0 Å². The van der Waals surface area contributed by atoms with Crippen LogP contribution in [0.3, 0.4) is 0 Å². The summed E-state index contributed by atoms with van der Waals surface area (Å²) < 4.78 is 24.1. The van der Waals surface area contributed by atoms with Crippen molar-refractivity contribution < 1.29 is 8.42 Å². The Morgan fingerprint density at radius 2 is 2.00 bits per heavy atom. The Hall–Kier alpha value is 0.200. The second kappa shape index (κ2) is 5.04. The molecule has 0 aromatic carbocycles. The van der Waals surface area contributed by atoms with Gasteiger partial charge in [-0.15, -0.1) is 11.6 Å². The maximum absolute atomic E-state index is 11.4. The number of nitrogens with zero attached hydrogens (tertiary/aromatic N) is 1. The number of rotatable bonds is 5. The molecule has 0 aromatic rings. The van der Waals surface area contributed by atoms with Crippen molar-refractivity contribution in [2.45, 2.75) is 13.8 Å². The summed E-state index contributed by atoms with van der Waals surface area (Å²) in [6.07, 6.45) is 0. The fourth-order valence-electron chi connectivity index (χ4n) is 0.728. The van der Waals surface area contributed by atoms with Gasteiger partial charge < -0.3 is 0 Å². The van der Waals surface area contributed by atoms with Gasteiger partial charge in [0.15, 0.2) is 0 Å². The minimum Gasteiger partial charge on any atom is -0.212 e. The van der Waals surface area contributed by atoms with Crippen molar-refractivity contribution in [2.75, 3.05) is 25.2 Å². The van der Waals surface area contributed by atoms with E-state index in [0.29, 0.717) is 12.4 Å². The molecule has 0 heterocycles. The van der Waals surface area contributed by atoms with Crippen LogP contribution in [0.5, 0.6) is 0 Å². The van der Waals surface area contributed by atoms with Crippen LogP contribution in [-0.4, -0.2) is 37.9 Å². The van der Waals surface area contributed by atoms with Crippen LogP contribution in [0.15, 0.2) is 0 Å². The zero-order valence-corrected chi connectivity index (χ0v) is 9.32. The van der Waals surface area contributed by atoms with Crippen molar-refractivity contribution in [1.82, 2.24) is 4.31 Å². The molecule has 1 unspecified atom stereocenters. The third-order valence-electron chi connectivity index (χ3n) is 1.68. The molecule has 0 amide bonds. The number of alkyl halides is 1. The highest BCUT2D eigenvalue weighted by molar-refractivity contribution is 7.89. The van der Waals surface area contributed by atoms with Crippen molar-refractivity contribution in [1.29, 1.82) is 0 Å². The third-order valence-corrected chi connectivity index (χ3v) is 4.40. The first-order valence-corrected chi connectivity index (χ1v) is 6.08. The van der Waals surface area contributed by atoms with Gasteiger partial charge in [-0.3, -0.25) is 0 Å². The zero-order valence-electron chi connectivity index (χ0n) is 7.75. The van der Waals surface area contributed by atoms with Crippen LogP contribution in [0.2, 0.25) is 0 Å². The van der Waals surface area contributed by atoms with Crippen molar-refractivity contribution in [3.05, 3.63) is 0 Å². The second-order valence-corrected chi connectivity index (χ2v) is 5.38. The van der Waals surface area contributed by atoms with Gasteiger partial charge in [0.1, 0.15) is 0 Å². The van der Waals surface area contributed by atoms with E-state index < -0.39 is 10.0 Å². The van der Waals surface area contributed by atoms with Crippen LogP contribution in [-0.2, 0) is 10.0 Å². The molecule has 0 rings (SSSR count). The molecule has 1 atom stereocenters. The van der Waals surface area contributed by atoms with E-state index in [-0.39, 0.29) is 11.7 Å². The molecule has 0 spiro atoms. The van der Waals surface area contributed by atoms with Crippen LogP contribution in [0, 0.1) is 5.92 Å². The normalized spacial score (nSPS) is 15.1. The lowest BCUT2D eigenvalue weighted by molar-refractivity contribution is 0.478. The van der Waals surface area contributed by atoms with E-state index in [1.807, 2.05) is 13.8 Å².